The van der Waals surface area contributed by atoms with E-state index in [9.17, 15) is 9.59 Å². The predicted molar refractivity (Wildman–Crippen MR) is 149 cm³/mol. The van der Waals surface area contributed by atoms with E-state index in [2.05, 4.69) is 12.1 Å². The molecule has 2 aromatic rings. The molecule has 1 aliphatic heterocycles. The number of methoxy groups -OCH3 is 2. The van der Waals surface area contributed by atoms with Crippen LogP contribution in [0.5, 0.6) is 11.5 Å². The zero-order valence-corrected chi connectivity index (χ0v) is 23.3. The van der Waals surface area contributed by atoms with E-state index in [1.807, 2.05) is 43.5 Å². The summed E-state index contributed by atoms with van der Waals surface area (Å²) in [4.78, 5) is 33.5. The summed E-state index contributed by atoms with van der Waals surface area (Å²) >= 11 is 1.67. The highest BCUT2D eigenvalue weighted by molar-refractivity contribution is 7.98. The number of hydrogen-bond acceptors (Lipinski definition) is 7. The summed E-state index contributed by atoms with van der Waals surface area (Å²) in [7, 11) is 3.22. The maximum atomic E-state index is 13.9. The summed E-state index contributed by atoms with van der Waals surface area (Å²) in [5.41, 5.74) is 4.13. The molecule has 3 aliphatic rings. The maximum Gasteiger partial charge on any atom is 0.315 e. The number of allylic oxidation sites excluding steroid dienone is 2. The van der Waals surface area contributed by atoms with Gasteiger partial charge in [0.05, 0.1) is 14.2 Å². The first-order valence-corrected chi connectivity index (χ1v) is 14.5. The molecule has 200 valence electrons. The highest BCUT2D eigenvalue weighted by Crippen LogP contribution is 2.48. The molecule has 2 aliphatic carbocycles. The number of esters is 1. The van der Waals surface area contributed by atoms with Gasteiger partial charge in [0, 0.05) is 34.2 Å². The van der Waals surface area contributed by atoms with Crippen LogP contribution in [0.2, 0.25) is 0 Å². The summed E-state index contributed by atoms with van der Waals surface area (Å²) in [5.74, 6) is 0.0453. The summed E-state index contributed by atoms with van der Waals surface area (Å²) in [5, 5.41) is 0. The minimum absolute atomic E-state index is 0.0286. The number of hydrogen-bond donors (Lipinski definition) is 0. The molecule has 1 unspecified atom stereocenters. The molecule has 0 saturated heterocycles. The van der Waals surface area contributed by atoms with Crippen molar-refractivity contribution in [3.8, 4) is 11.5 Å². The molecule has 0 spiro atoms. The van der Waals surface area contributed by atoms with E-state index in [4.69, 9.17) is 19.2 Å². The van der Waals surface area contributed by atoms with E-state index >= 15 is 0 Å². The first-order valence-electron chi connectivity index (χ1n) is 13.3. The van der Waals surface area contributed by atoms with Crippen molar-refractivity contribution in [1.29, 1.82) is 0 Å². The Kier molecular flexibility index (Phi) is 7.93. The van der Waals surface area contributed by atoms with Crippen LogP contribution in [0.1, 0.15) is 68.4 Å². The maximum absolute atomic E-state index is 13.9. The van der Waals surface area contributed by atoms with Crippen molar-refractivity contribution >= 4 is 29.2 Å². The number of rotatable bonds is 7. The van der Waals surface area contributed by atoms with Crippen LogP contribution >= 0.6 is 11.8 Å². The molecule has 0 N–H and O–H groups in total. The molecule has 1 fully saturated rings. The highest BCUT2D eigenvalue weighted by atomic mass is 32.2. The third kappa shape index (κ3) is 5.13. The smallest absolute Gasteiger partial charge is 0.315 e. The third-order valence-corrected chi connectivity index (χ3v) is 8.83. The van der Waals surface area contributed by atoms with Gasteiger partial charge in [-0.1, -0.05) is 18.2 Å². The number of ether oxygens (including phenoxy) is 3. The number of thioether (sulfide) groups is 1. The van der Waals surface area contributed by atoms with E-state index < -0.39 is 11.8 Å². The average Bonchev–Trinajstić information content (AvgIpc) is 3.44. The van der Waals surface area contributed by atoms with Crippen molar-refractivity contribution in [2.24, 2.45) is 10.9 Å². The van der Waals surface area contributed by atoms with Crippen LogP contribution in [0.3, 0.4) is 0 Å². The van der Waals surface area contributed by atoms with E-state index in [1.165, 1.54) is 0 Å². The van der Waals surface area contributed by atoms with Crippen molar-refractivity contribution in [1.82, 2.24) is 0 Å². The van der Waals surface area contributed by atoms with Gasteiger partial charge in [-0.25, -0.2) is 0 Å². The molecule has 1 saturated carbocycles. The molecule has 0 radical (unpaired) electrons. The monoisotopic (exact) mass is 533 g/mol. The molecule has 7 heteroatoms. The lowest BCUT2D eigenvalue weighted by atomic mass is 9.69. The number of ketones is 1. The van der Waals surface area contributed by atoms with Gasteiger partial charge in [-0.15, -0.1) is 11.8 Å². The Bertz CT molecular complexity index is 1280. The molecular formula is C31H35NO5S. The number of Topliss-reactive ketones (excluding diaryl/α,β-unsaturated/α-hetero) is 1. The van der Waals surface area contributed by atoms with Gasteiger partial charge in [-0.3, -0.25) is 14.6 Å². The molecule has 5 rings (SSSR count). The second kappa shape index (κ2) is 11.4. The Balaban J connectivity index is 1.52. The first-order chi connectivity index (χ1) is 18.4. The summed E-state index contributed by atoms with van der Waals surface area (Å²) in [6.07, 6.45) is 6.95. The zero-order chi connectivity index (χ0) is 26.8. The second-order valence-electron chi connectivity index (χ2n) is 10.3. The van der Waals surface area contributed by atoms with Crippen LogP contribution in [0.25, 0.3) is 0 Å². The molecule has 0 bridgehead atoms. The molecule has 2 aromatic carbocycles. The lowest BCUT2D eigenvalue weighted by Gasteiger charge is -2.37. The highest BCUT2D eigenvalue weighted by Gasteiger charge is 2.45. The number of carbonyl (C=O) groups excluding carboxylic acids is 2. The van der Waals surface area contributed by atoms with Crippen molar-refractivity contribution in [2.75, 3.05) is 20.5 Å². The van der Waals surface area contributed by atoms with Crippen LogP contribution in [0, 0.1) is 5.92 Å². The van der Waals surface area contributed by atoms with Gasteiger partial charge in [0.15, 0.2) is 17.3 Å². The van der Waals surface area contributed by atoms with E-state index in [1.54, 1.807) is 26.0 Å². The Morgan fingerprint density at radius 3 is 2.29 bits per heavy atom. The fraction of sp³-hybridized carbons (Fsp3) is 0.452. The molecular weight excluding hydrogens is 498 g/mol. The SMILES string of the molecule is COc1ccc([C@H]2CC(=O)C3=C(C2)N=C(C)C(C(=O)OC2CCCC2)[C@@H]3c2ccc(SC)cc2)cc1OC. The molecule has 3 atom stereocenters. The van der Waals surface area contributed by atoms with Gasteiger partial charge >= 0.3 is 5.97 Å². The molecule has 0 amide bonds. The number of carbonyl (C=O) groups is 2. The molecule has 1 heterocycles. The average molecular weight is 534 g/mol. The fourth-order valence-electron chi connectivity index (χ4n) is 6.12. The predicted octanol–water partition coefficient (Wildman–Crippen LogP) is 6.49. The van der Waals surface area contributed by atoms with Crippen LogP contribution < -0.4 is 9.47 Å². The Morgan fingerprint density at radius 1 is 0.947 bits per heavy atom. The quantitative estimate of drug-likeness (QED) is 0.299. The van der Waals surface area contributed by atoms with Gasteiger partial charge in [-0.2, -0.15) is 0 Å². The number of benzene rings is 2. The summed E-state index contributed by atoms with van der Waals surface area (Å²) in [6.45, 7) is 1.90. The second-order valence-corrected chi connectivity index (χ2v) is 11.2. The van der Waals surface area contributed by atoms with Crippen LogP contribution in [0.15, 0.2) is 63.6 Å². The Morgan fingerprint density at radius 2 is 1.63 bits per heavy atom. The lowest BCUT2D eigenvalue weighted by Crippen LogP contribution is -2.39. The standard InChI is InChI=1S/C31H35NO5S/c1-18-28(31(34)37-22-7-5-6-8-22)29(19-9-12-23(38-4)13-10-19)30-24(32-18)15-21(16-25(30)33)20-11-14-26(35-2)27(17-20)36-3/h9-14,17,21-22,28-29H,5-8,15-16H2,1-4H3/t21-,28?,29+/m1/s1. The molecule has 6 nitrogen and oxygen atoms in total. The number of nitrogens with zero attached hydrogens (tertiary/aromatic N) is 1. The summed E-state index contributed by atoms with van der Waals surface area (Å²) < 4.78 is 16.9. The fourth-order valence-corrected chi connectivity index (χ4v) is 6.53. The van der Waals surface area contributed by atoms with Crippen LogP contribution in [-0.4, -0.2) is 44.0 Å². The van der Waals surface area contributed by atoms with E-state index in [0.717, 1.165) is 47.4 Å². The topological polar surface area (TPSA) is 74.2 Å². The normalized spacial score (nSPS) is 23.6. The minimum atomic E-state index is -0.601. The van der Waals surface area contributed by atoms with Crippen molar-refractivity contribution < 1.29 is 23.8 Å². The zero-order valence-electron chi connectivity index (χ0n) is 22.5. The van der Waals surface area contributed by atoms with Crippen molar-refractivity contribution in [3.05, 3.63) is 64.9 Å². The lowest BCUT2D eigenvalue weighted by molar-refractivity contribution is -0.151. The van der Waals surface area contributed by atoms with Gasteiger partial charge in [-0.05, 0) is 86.6 Å². The van der Waals surface area contributed by atoms with E-state index in [-0.39, 0.29) is 23.8 Å². The van der Waals surface area contributed by atoms with E-state index in [0.29, 0.717) is 35.6 Å². The largest absolute Gasteiger partial charge is 0.493 e. The summed E-state index contributed by atoms with van der Waals surface area (Å²) in [6, 6.07) is 14.0. The van der Waals surface area contributed by atoms with Crippen LogP contribution in [0.4, 0.5) is 0 Å². The minimum Gasteiger partial charge on any atom is -0.493 e. The molecule has 38 heavy (non-hydrogen) atoms. The van der Waals surface area contributed by atoms with Crippen LogP contribution in [-0.2, 0) is 14.3 Å². The molecule has 0 aromatic heterocycles. The van der Waals surface area contributed by atoms with Gasteiger partial charge < -0.3 is 14.2 Å². The van der Waals surface area contributed by atoms with Crippen molar-refractivity contribution in [3.63, 3.8) is 0 Å². The third-order valence-electron chi connectivity index (χ3n) is 8.08. The Hall–Kier alpha value is -3.06. The van der Waals surface area contributed by atoms with Crippen molar-refractivity contribution in [2.45, 2.75) is 68.3 Å². The Labute approximate surface area is 228 Å². The van der Waals surface area contributed by atoms with Gasteiger partial charge in [0.2, 0.25) is 0 Å². The van der Waals surface area contributed by atoms with Gasteiger partial charge in [0.1, 0.15) is 12.0 Å². The van der Waals surface area contributed by atoms with Gasteiger partial charge in [0.25, 0.3) is 0 Å². The first kappa shape index (κ1) is 26.5. The number of aliphatic imine (C=N–C) groups is 1.